The van der Waals surface area contributed by atoms with Crippen LogP contribution in [0.25, 0.3) is 6.08 Å². The summed E-state index contributed by atoms with van der Waals surface area (Å²) in [5.74, 6) is 0.416. The Labute approximate surface area is 97.4 Å². The second-order valence-electron chi connectivity index (χ2n) is 4.29. The van der Waals surface area contributed by atoms with Crippen LogP contribution in [0.15, 0.2) is 36.4 Å². The predicted molar refractivity (Wildman–Crippen MR) is 67.9 cm³/mol. The van der Waals surface area contributed by atoms with Crippen LogP contribution >= 0.6 is 0 Å². The van der Waals surface area contributed by atoms with E-state index < -0.39 is 0 Å². The Bertz CT molecular complexity index is 354. The minimum Gasteiger partial charge on any atom is -0.350 e. The zero-order chi connectivity index (χ0) is 12.0. The second kappa shape index (κ2) is 6.11. The van der Waals surface area contributed by atoms with Gasteiger partial charge in [-0.25, -0.2) is 0 Å². The molecule has 0 spiro atoms. The number of carbonyl (C=O) groups excluding carboxylic acids is 1. The molecule has 1 amide bonds. The van der Waals surface area contributed by atoms with Crippen LogP contribution in [0.1, 0.15) is 26.3 Å². The van der Waals surface area contributed by atoms with E-state index in [4.69, 9.17) is 0 Å². The molecule has 0 fully saturated rings. The highest BCUT2D eigenvalue weighted by Gasteiger charge is 2.07. The van der Waals surface area contributed by atoms with Crippen molar-refractivity contribution in [2.24, 2.45) is 5.92 Å². The highest BCUT2D eigenvalue weighted by Crippen LogP contribution is 2.02. The summed E-state index contributed by atoms with van der Waals surface area (Å²) in [4.78, 5) is 11.5. The fraction of sp³-hybridized carbons (Fsp3) is 0.357. The van der Waals surface area contributed by atoms with Crippen molar-refractivity contribution in [1.82, 2.24) is 5.32 Å². The Morgan fingerprint density at radius 3 is 2.38 bits per heavy atom. The van der Waals surface area contributed by atoms with Crippen LogP contribution in [0.4, 0.5) is 0 Å². The summed E-state index contributed by atoms with van der Waals surface area (Å²) in [6, 6.07) is 10.00. The fourth-order valence-electron chi connectivity index (χ4n) is 1.18. The first-order valence-corrected chi connectivity index (χ1v) is 5.63. The van der Waals surface area contributed by atoms with E-state index in [1.54, 1.807) is 6.08 Å². The number of rotatable bonds is 4. The lowest BCUT2D eigenvalue weighted by Crippen LogP contribution is -2.34. The molecule has 86 valence electrons. The van der Waals surface area contributed by atoms with E-state index in [0.29, 0.717) is 5.92 Å². The van der Waals surface area contributed by atoms with Gasteiger partial charge in [-0.15, -0.1) is 0 Å². The lowest BCUT2D eigenvalue weighted by molar-refractivity contribution is -0.117. The van der Waals surface area contributed by atoms with Gasteiger partial charge in [-0.1, -0.05) is 44.2 Å². The molecular weight excluding hydrogens is 198 g/mol. The van der Waals surface area contributed by atoms with Crippen molar-refractivity contribution in [3.05, 3.63) is 42.0 Å². The highest BCUT2D eigenvalue weighted by molar-refractivity contribution is 5.91. The van der Waals surface area contributed by atoms with Crippen LogP contribution in [-0.4, -0.2) is 11.9 Å². The van der Waals surface area contributed by atoms with Gasteiger partial charge in [-0.3, -0.25) is 4.79 Å². The molecule has 2 heteroatoms. The first-order valence-electron chi connectivity index (χ1n) is 5.63. The summed E-state index contributed by atoms with van der Waals surface area (Å²) in [6.45, 7) is 6.19. The van der Waals surface area contributed by atoms with Gasteiger partial charge in [-0.2, -0.15) is 0 Å². The van der Waals surface area contributed by atoms with Gasteiger partial charge in [0, 0.05) is 12.1 Å². The fourth-order valence-corrected chi connectivity index (χ4v) is 1.18. The van der Waals surface area contributed by atoms with Gasteiger partial charge >= 0.3 is 0 Å². The van der Waals surface area contributed by atoms with Crippen molar-refractivity contribution >= 4 is 12.0 Å². The Morgan fingerprint density at radius 2 is 1.81 bits per heavy atom. The number of nitrogens with one attached hydrogen (secondary N) is 1. The molecular formula is C14H19NO. The molecule has 0 aliphatic heterocycles. The van der Waals surface area contributed by atoms with Crippen molar-refractivity contribution in [3.63, 3.8) is 0 Å². The van der Waals surface area contributed by atoms with Crippen molar-refractivity contribution in [2.45, 2.75) is 26.8 Å². The van der Waals surface area contributed by atoms with Gasteiger partial charge in [0.15, 0.2) is 0 Å². The third kappa shape index (κ3) is 4.30. The average Bonchev–Trinajstić information content (AvgIpc) is 2.27. The molecule has 0 unspecified atom stereocenters. The SMILES string of the molecule is CC(C)[C@H](C)NC(=O)/C=C/c1ccccc1. The molecule has 0 aliphatic carbocycles. The lowest BCUT2D eigenvalue weighted by Gasteiger charge is -2.15. The molecule has 0 heterocycles. The smallest absolute Gasteiger partial charge is 0.244 e. The van der Waals surface area contributed by atoms with Crippen molar-refractivity contribution in [2.75, 3.05) is 0 Å². The minimum atomic E-state index is -0.0370. The third-order valence-electron chi connectivity index (χ3n) is 2.60. The summed E-state index contributed by atoms with van der Waals surface area (Å²) in [6.07, 6.45) is 3.40. The maximum absolute atomic E-state index is 11.5. The molecule has 1 N–H and O–H groups in total. The first kappa shape index (κ1) is 12.5. The first-order chi connectivity index (χ1) is 7.59. The Morgan fingerprint density at radius 1 is 1.19 bits per heavy atom. The second-order valence-corrected chi connectivity index (χ2v) is 4.29. The van der Waals surface area contributed by atoms with Gasteiger partial charge < -0.3 is 5.32 Å². The molecule has 0 radical (unpaired) electrons. The van der Waals surface area contributed by atoms with Crippen LogP contribution in [0, 0.1) is 5.92 Å². The predicted octanol–water partition coefficient (Wildman–Crippen LogP) is 2.86. The zero-order valence-electron chi connectivity index (χ0n) is 10.1. The van der Waals surface area contributed by atoms with Crippen molar-refractivity contribution in [3.8, 4) is 0 Å². The molecule has 2 nitrogen and oxygen atoms in total. The summed E-state index contributed by atoms with van der Waals surface area (Å²) < 4.78 is 0. The van der Waals surface area contributed by atoms with Crippen LogP contribution in [0.5, 0.6) is 0 Å². The van der Waals surface area contributed by atoms with Crippen LogP contribution in [-0.2, 0) is 4.79 Å². The van der Waals surface area contributed by atoms with E-state index in [0.717, 1.165) is 5.56 Å². The summed E-state index contributed by atoms with van der Waals surface area (Å²) in [7, 11) is 0. The minimum absolute atomic E-state index is 0.0370. The Kier molecular flexibility index (Phi) is 4.77. The van der Waals surface area contributed by atoms with E-state index in [-0.39, 0.29) is 11.9 Å². The van der Waals surface area contributed by atoms with Gasteiger partial charge in [0.25, 0.3) is 0 Å². The zero-order valence-corrected chi connectivity index (χ0v) is 10.1. The van der Waals surface area contributed by atoms with Crippen LogP contribution in [0.3, 0.4) is 0 Å². The molecule has 16 heavy (non-hydrogen) atoms. The molecule has 1 aromatic carbocycles. The topological polar surface area (TPSA) is 29.1 Å². The molecule has 1 atom stereocenters. The number of carbonyl (C=O) groups is 1. The highest BCUT2D eigenvalue weighted by atomic mass is 16.1. The number of amides is 1. The molecule has 1 rings (SSSR count). The molecule has 0 saturated carbocycles. The van der Waals surface area contributed by atoms with Crippen LogP contribution < -0.4 is 5.32 Å². The summed E-state index contributed by atoms with van der Waals surface area (Å²) in [5.41, 5.74) is 1.04. The van der Waals surface area contributed by atoms with Crippen molar-refractivity contribution < 1.29 is 4.79 Å². The Hall–Kier alpha value is -1.57. The molecule has 1 aromatic rings. The van der Waals surface area contributed by atoms with E-state index in [1.165, 1.54) is 0 Å². The van der Waals surface area contributed by atoms with Gasteiger partial charge in [0.05, 0.1) is 0 Å². The number of hydrogen-bond donors (Lipinski definition) is 1. The summed E-state index contributed by atoms with van der Waals surface area (Å²) in [5, 5.41) is 2.92. The monoisotopic (exact) mass is 217 g/mol. The Balaban J connectivity index is 2.49. The molecule has 0 saturated heterocycles. The number of benzene rings is 1. The van der Waals surface area contributed by atoms with E-state index >= 15 is 0 Å². The average molecular weight is 217 g/mol. The van der Waals surface area contributed by atoms with Crippen molar-refractivity contribution in [1.29, 1.82) is 0 Å². The van der Waals surface area contributed by atoms with Gasteiger partial charge in [0.2, 0.25) is 5.91 Å². The molecule has 0 bridgehead atoms. The third-order valence-corrected chi connectivity index (χ3v) is 2.60. The molecule has 0 aromatic heterocycles. The van der Waals surface area contributed by atoms with E-state index in [1.807, 2.05) is 43.3 Å². The summed E-state index contributed by atoms with van der Waals surface area (Å²) >= 11 is 0. The van der Waals surface area contributed by atoms with Gasteiger partial charge in [-0.05, 0) is 24.5 Å². The standard InChI is InChI=1S/C14H19NO/c1-11(2)12(3)15-14(16)10-9-13-7-5-4-6-8-13/h4-12H,1-3H3,(H,15,16)/b10-9+/t12-/m0/s1. The van der Waals surface area contributed by atoms with Crippen LogP contribution in [0.2, 0.25) is 0 Å². The normalized spacial score (nSPS) is 13.0. The molecule has 0 aliphatic rings. The van der Waals surface area contributed by atoms with E-state index in [9.17, 15) is 4.79 Å². The maximum atomic E-state index is 11.5. The largest absolute Gasteiger partial charge is 0.350 e. The van der Waals surface area contributed by atoms with Gasteiger partial charge in [0.1, 0.15) is 0 Å². The number of hydrogen-bond acceptors (Lipinski definition) is 1. The lowest BCUT2D eigenvalue weighted by atomic mass is 10.1. The quantitative estimate of drug-likeness (QED) is 0.772. The maximum Gasteiger partial charge on any atom is 0.244 e. The van der Waals surface area contributed by atoms with E-state index in [2.05, 4.69) is 19.2 Å².